The standard InChI is InChI=1S/C18H17Cl2NO4/c1-3-24-16-7-5-4-6-13(16)18(23)25-11(2)17(22)21-15-9-8-12(19)10-14(15)20/h4-11H,3H2,1-2H3,(H,21,22)/t11-/m0/s1. The van der Waals surface area contributed by atoms with Crippen LogP contribution in [0.2, 0.25) is 10.0 Å². The van der Waals surface area contributed by atoms with Gasteiger partial charge < -0.3 is 14.8 Å². The van der Waals surface area contributed by atoms with Crippen molar-refractivity contribution in [1.82, 2.24) is 0 Å². The molecule has 0 saturated carbocycles. The summed E-state index contributed by atoms with van der Waals surface area (Å²) < 4.78 is 10.6. The van der Waals surface area contributed by atoms with Crippen molar-refractivity contribution in [2.75, 3.05) is 11.9 Å². The highest BCUT2D eigenvalue weighted by Crippen LogP contribution is 2.26. The minimum Gasteiger partial charge on any atom is -0.493 e. The van der Waals surface area contributed by atoms with Crippen molar-refractivity contribution < 1.29 is 19.1 Å². The molecule has 0 heterocycles. The Hall–Kier alpha value is -2.24. The predicted molar refractivity (Wildman–Crippen MR) is 97.6 cm³/mol. The van der Waals surface area contributed by atoms with Crippen LogP contribution in [0, 0.1) is 0 Å². The van der Waals surface area contributed by atoms with Crippen molar-refractivity contribution in [2.45, 2.75) is 20.0 Å². The van der Waals surface area contributed by atoms with E-state index in [1.54, 1.807) is 36.4 Å². The summed E-state index contributed by atoms with van der Waals surface area (Å²) in [7, 11) is 0. The number of carbonyl (C=O) groups excluding carboxylic acids is 2. The molecule has 0 aliphatic rings. The second-order valence-corrected chi connectivity index (χ2v) is 5.93. The van der Waals surface area contributed by atoms with Gasteiger partial charge in [-0.25, -0.2) is 4.79 Å². The minimum atomic E-state index is -1.02. The number of para-hydroxylation sites is 1. The highest BCUT2D eigenvalue weighted by atomic mass is 35.5. The van der Waals surface area contributed by atoms with Crippen LogP contribution in [0.1, 0.15) is 24.2 Å². The molecule has 1 atom stereocenters. The molecule has 1 N–H and O–H groups in total. The van der Waals surface area contributed by atoms with Crippen LogP contribution in [0.15, 0.2) is 42.5 Å². The van der Waals surface area contributed by atoms with Gasteiger partial charge in [0.05, 0.1) is 17.3 Å². The molecule has 5 nitrogen and oxygen atoms in total. The van der Waals surface area contributed by atoms with Crippen molar-refractivity contribution in [3.8, 4) is 5.75 Å². The maximum atomic E-state index is 12.3. The van der Waals surface area contributed by atoms with Gasteiger partial charge in [-0.05, 0) is 44.2 Å². The second kappa shape index (κ2) is 8.74. The quantitative estimate of drug-likeness (QED) is 0.743. The zero-order valence-corrected chi connectivity index (χ0v) is 15.2. The lowest BCUT2D eigenvalue weighted by atomic mass is 10.2. The van der Waals surface area contributed by atoms with E-state index in [9.17, 15) is 9.59 Å². The molecule has 132 valence electrons. The summed E-state index contributed by atoms with van der Waals surface area (Å²) in [5, 5.41) is 3.34. The van der Waals surface area contributed by atoms with Crippen molar-refractivity contribution in [1.29, 1.82) is 0 Å². The zero-order valence-electron chi connectivity index (χ0n) is 13.7. The average molecular weight is 382 g/mol. The molecule has 0 unspecified atom stereocenters. The van der Waals surface area contributed by atoms with Crippen LogP contribution in [0.4, 0.5) is 5.69 Å². The summed E-state index contributed by atoms with van der Waals surface area (Å²) in [4.78, 5) is 24.5. The fourth-order valence-corrected chi connectivity index (χ4v) is 2.48. The van der Waals surface area contributed by atoms with Gasteiger partial charge in [-0.3, -0.25) is 4.79 Å². The number of hydrogen-bond donors (Lipinski definition) is 1. The molecule has 0 spiro atoms. The third-order valence-electron chi connectivity index (χ3n) is 3.25. The monoisotopic (exact) mass is 381 g/mol. The van der Waals surface area contributed by atoms with Gasteiger partial charge in [0.15, 0.2) is 6.10 Å². The molecule has 2 rings (SSSR count). The first-order valence-electron chi connectivity index (χ1n) is 7.61. The first-order valence-corrected chi connectivity index (χ1v) is 8.36. The lowest BCUT2D eigenvalue weighted by Crippen LogP contribution is -2.30. The Balaban J connectivity index is 2.04. The zero-order chi connectivity index (χ0) is 18.4. The fourth-order valence-electron chi connectivity index (χ4n) is 2.02. The molecule has 0 saturated heterocycles. The van der Waals surface area contributed by atoms with Crippen molar-refractivity contribution in [3.63, 3.8) is 0 Å². The van der Waals surface area contributed by atoms with E-state index in [-0.39, 0.29) is 5.56 Å². The van der Waals surface area contributed by atoms with E-state index in [2.05, 4.69) is 5.32 Å². The smallest absolute Gasteiger partial charge is 0.342 e. The summed E-state index contributed by atoms with van der Waals surface area (Å²) in [5.41, 5.74) is 0.641. The number of amides is 1. The van der Waals surface area contributed by atoms with Crippen molar-refractivity contribution in [2.24, 2.45) is 0 Å². The van der Waals surface area contributed by atoms with Crippen LogP contribution in [0.3, 0.4) is 0 Å². The van der Waals surface area contributed by atoms with Gasteiger partial charge in [0, 0.05) is 5.02 Å². The van der Waals surface area contributed by atoms with Crippen LogP contribution < -0.4 is 10.1 Å². The van der Waals surface area contributed by atoms with E-state index >= 15 is 0 Å². The Bertz CT molecular complexity index is 779. The Morgan fingerprint density at radius 2 is 1.88 bits per heavy atom. The van der Waals surface area contributed by atoms with Gasteiger partial charge in [0.1, 0.15) is 11.3 Å². The highest BCUT2D eigenvalue weighted by Gasteiger charge is 2.22. The van der Waals surface area contributed by atoms with E-state index in [4.69, 9.17) is 32.7 Å². The first-order chi connectivity index (χ1) is 11.9. The minimum absolute atomic E-state index is 0.258. The van der Waals surface area contributed by atoms with E-state index in [1.165, 1.54) is 13.0 Å². The Labute approximate surface area is 155 Å². The maximum Gasteiger partial charge on any atom is 0.342 e. The van der Waals surface area contributed by atoms with Gasteiger partial charge in [-0.1, -0.05) is 35.3 Å². The third-order valence-corrected chi connectivity index (χ3v) is 3.80. The Kier molecular flexibility index (Phi) is 6.67. The molecule has 0 radical (unpaired) electrons. The number of esters is 1. The molecule has 0 aromatic heterocycles. The average Bonchev–Trinajstić information content (AvgIpc) is 2.58. The number of carbonyl (C=O) groups is 2. The maximum absolute atomic E-state index is 12.3. The summed E-state index contributed by atoms with van der Waals surface area (Å²) in [6.07, 6.45) is -1.02. The lowest BCUT2D eigenvalue weighted by molar-refractivity contribution is -0.123. The molecule has 2 aromatic rings. The Morgan fingerprint density at radius 3 is 2.56 bits per heavy atom. The number of anilines is 1. The summed E-state index contributed by atoms with van der Waals surface area (Å²) >= 11 is 11.8. The SMILES string of the molecule is CCOc1ccccc1C(=O)O[C@@H](C)C(=O)Nc1ccc(Cl)cc1Cl. The van der Waals surface area contributed by atoms with Gasteiger partial charge in [0.2, 0.25) is 0 Å². The topological polar surface area (TPSA) is 64.6 Å². The molecular formula is C18H17Cl2NO4. The van der Waals surface area contributed by atoms with Crippen LogP contribution in [0.5, 0.6) is 5.75 Å². The van der Waals surface area contributed by atoms with Crippen LogP contribution in [-0.2, 0) is 9.53 Å². The molecule has 1 amide bonds. The van der Waals surface area contributed by atoms with Crippen LogP contribution >= 0.6 is 23.2 Å². The summed E-state index contributed by atoms with van der Waals surface area (Å²) in [5.74, 6) is -0.747. The van der Waals surface area contributed by atoms with Gasteiger partial charge >= 0.3 is 5.97 Å². The number of nitrogens with one attached hydrogen (secondary N) is 1. The number of ether oxygens (including phenoxy) is 2. The molecule has 25 heavy (non-hydrogen) atoms. The molecule has 2 aromatic carbocycles. The summed E-state index contributed by atoms with van der Waals surface area (Å²) in [6, 6.07) is 11.4. The van der Waals surface area contributed by atoms with Gasteiger partial charge in [-0.15, -0.1) is 0 Å². The molecule has 0 fully saturated rings. The molecule has 7 heteroatoms. The van der Waals surface area contributed by atoms with Gasteiger partial charge in [-0.2, -0.15) is 0 Å². The summed E-state index contributed by atoms with van der Waals surface area (Å²) in [6.45, 7) is 3.70. The highest BCUT2D eigenvalue weighted by molar-refractivity contribution is 6.36. The van der Waals surface area contributed by atoms with E-state index < -0.39 is 18.0 Å². The van der Waals surface area contributed by atoms with E-state index in [0.29, 0.717) is 28.1 Å². The molecule has 0 aliphatic heterocycles. The third kappa shape index (κ3) is 5.11. The Morgan fingerprint density at radius 1 is 1.16 bits per heavy atom. The number of hydrogen-bond acceptors (Lipinski definition) is 4. The fraction of sp³-hybridized carbons (Fsp3) is 0.222. The molecule has 0 bridgehead atoms. The number of halogens is 2. The predicted octanol–water partition coefficient (Wildman–Crippen LogP) is 4.58. The van der Waals surface area contributed by atoms with Crippen LogP contribution in [-0.4, -0.2) is 24.6 Å². The molecular weight excluding hydrogens is 365 g/mol. The van der Waals surface area contributed by atoms with Crippen LogP contribution in [0.25, 0.3) is 0 Å². The van der Waals surface area contributed by atoms with E-state index in [0.717, 1.165) is 0 Å². The van der Waals surface area contributed by atoms with E-state index in [1.807, 2.05) is 6.92 Å². The van der Waals surface area contributed by atoms with Gasteiger partial charge in [0.25, 0.3) is 5.91 Å². The lowest BCUT2D eigenvalue weighted by Gasteiger charge is -2.15. The molecule has 0 aliphatic carbocycles. The van der Waals surface area contributed by atoms with Crippen molar-refractivity contribution in [3.05, 3.63) is 58.1 Å². The normalized spacial score (nSPS) is 11.5. The number of rotatable bonds is 6. The second-order valence-electron chi connectivity index (χ2n) is 5.09. The number of benzene rings is 2. The largest absolute Gasteiger partial charge is 0.493 e. The first kappa shape index (κ1) is 19.1. The van der Waals surface area contributed by atoms with Crippen molar-refractivity contribution >= 4 is 40.8 Å².